The molecule has 0 unspecified atom stereocenters. The number of benzene rings is 1. The molecule has 0 aliphatic heterocycles. The number of nitrogen functional groups attached to an aromatic ring is 1. The first kappa shape index (κ1) is 14.1. The lowest BCUT2D eigenvalue weighted by Crippen LogP contribution is -2.35. The largest absolute Gasteiger partial charge is 0.395 e. The van der Waals surface area contributed by atoms with Gasteiger partial charge >= 0.3 is 0 Å². The number of hydrogen-bond donors (Lipinski definition) is 2. The molecule has 0 atom stereocenters. The first-order valence-corrected chi connectivity index (χ1v) is 7.46. The van der Waals surface area contributed by atoms with Gasteiger partial charge in [0.25, 0.3) is 0 Å². The smallest absolute Gasteiger partial charge is 0.106 e. The van der Waals surface area contributed by atoms with Crippen LogP contribution >= 0.6 is 11.3 Å². The van der Waals surface area contributed by atoms with Crippen LogP contribution in [-0.4, -0.2) is 10.5 Å². The van der Waals surface area contributed by atoms with Crippen LogP contribution in [0.2, 0.25) is 0 Å². The van der Waals surface area contributed by atoms with Gasteiger partial charge in [-0.25, -0.2) is 4.98 Å². The molecule has 1 heterocycles. The minimum absolute atomic E-state index is 0.00390. The second-order valence-corrected chi connectivity index (χ2v) is 7.86. The van der Waals surface area contributed by atoms with E-state index in [0.29, 0.717) is 0 Å². The predicted molar refractivity (Wildman–Crippen MR) is 85.8 cm³/mol. The van der Waals surface area contributed by atoms with E-state index in [0.717, 1.165) is 28.0 Å². The summed E-state index contributed by atoms with van der Waals surface area (Å²) >= 11 is 1.62. The van der Waals surface area contributed by atoms with Crippen molar-refractivity contribution >= 4 is 32.9 Å². The van der Waals surface area contributed by atoms with Gasteiger partial charge in [-0.3, -0.25) is 0 Å². The summed E-state index contributed by atoms with van der Waals surface area (Å²) in [5, 5.41) is 3.56. The van der Waals surface area contributed by atoms with Crippen LogP contribution in [0, 0.1) is 5.41 Å². The Bertz CT molecular complexity index is 579. The van der Waals surface area contributed by atoms with E-state index in [1.807, 2.05) is 5.51 Å². The highest BCUT2D eigenvalue weighted by molar-refractivity contribution is 7.16. The molecule has 0 radical (unpaired) electrons. The molecule has 0 saturated heterocycles. The summed E-state index contributed by atoms with van der Waals surface area (Å²) in [5.74, 6) is 0. The lowest BCUT2D eigenvalue weighted by Gasteiger charge is -2.34. The fraction of sp³-hybridized carbons (Fsp3) is 0.533. The predicted octanol–water partition coefficient (Wildman–Crippen LogP) is 4.51. The fourth-order valence-electron chi connectivity index (χ4n) is 2.80. The molecule has 2 aromatic rings. The van der Waals surface area contributed by atoms with Gasteiger partial charge in [0, 0.05) is 5.54 Å². The molecule has 0 aliphatic carbocycles. The number of nitrogens with zero attached hydrogens (tertiary/aromatic N) is 1. The van der Waals surface area contributed by atoms with E-state index in [4.69, 9.17) is 5.73 Å². The van der Waals surface area contributed by atoms with Crippen LogP contribution in [0.4, 0.5) is 11.4 Å². The van der Waals surface area contributed by atoms with Gasteiger partial charge in [-0.05, 0) is 37.8 Å². The van der Waals surface area contributed by atoms with E-state index in [9.17, 15) is 0 Å². The number of hydrogen-bond acceptors (Lipinski definition) is 4. The Balaban J connectivity index is 2.28. The van der Waals surface area contributed by atoms with E-state index in [2.05, 4.69) is 57.1 Å². The summed E-state index contributed by atoms with van der Waals surface area (Å²) in [6.07, 6.45) is 1.06. The molecule has 1 aromatic carbocycles. The standard InChI is InChI=1S/C15H23N3S/c1-14(2,3)8-15(4,5)18-10-6-7-11-13(12(10)16)17-9-19-11/h6-7,9,18H,8,16H2,1-5H3. The summed E-state index contributed by atoms with van der Waals surface area (Å²) in [5.41, 5.74) is 11.0. The summed E-state index contributed by atoms with van der Waals surface area (Å²) in [7, 11) is 0. The molecule has 2 rings (SSSR count). The number of anilines is 2. The van der Waals surface area contributed by atoms with Crippen molar-refractivity contribution in [2.75, 3.05) is 11.1 Å². The maximum absolute atomic E-state index is 6.22. The SMILES string of the molecule is CC(C)(C)CC(C)(C)Nc1ccc2scnc2c1N. The van der Waals surface area contributed by atoms with Gasteiger partial charge in [0.2, 0.25) is 0 Å². The molecule has 3 nitrogen and oxygen atoms in total. The maximum Gasteiger partial charge on any atom is 0.106 e. The molecule has 0 saturated carbocycles. The zero-order valence-corrected chi connectivity index (χ0v) is 13.2. The Kier molecular flexibility index (Phi) is 3.47. The van der Waals surface area contributed by atoms with Gasteiger partial charge in [0.15, 0.2) is 0 Å². The Morgan fingerprint density at radius 3 is 2.53 bits per heavy atom. The number of nitrogens with one attached hydrogen (secondary N) is 1. The van der Waals surface area contributed by atoms with E-state index in [-0.39, 0.29) is 11.0 Å². The third kappa shape index (κ3) is 3.38. The zero-order valence-electron chi connectivity index (χ0n) is 12.4. The molecule has 3 N–H and O–H groups in total. The lowest BCUT2D eigenvalue weighted by molar-refractivity contribution is 0.302. The molecule has 4 heteroatoms. The quantitative estimate of drug-likeness (QED) is 0.812. The normalized spacial score (nSPS) is 12.9. The van der Waals surface area contributed by atoms with Gasteiger partial charge in [0.05, 0.1) is 21.6 Å². The van der Waals surface area contributed by atoms with Gasteiger partial charge in [0.1, 0.15) is 5.52 Å². The molecule has 0 spiro atoms. The van der Waals surface area contributed by atoms with Gasteiger partial charge in [-0.1, -0.05) is 20.8 Å². The highest BCUT2D eigenvalue weighted by atomic mass is 32.1. The monoisotopic (exact) mass is 277 g/mol. The number of aromatic nitrogens is 1. The van der Waals surface area contributed by atoms with Gasteiger partial charge < -0.3 is 11.1 Å². The Morgan fingerprint density at radius 2 is 1.89 bits per heavy atom. The molecular formula is C15H23N3S. The highest BCUT2D eigenvalue weighted by Crippen LogP contribution is 2.34. The topological polar surface area (TPSA) is 50.9 Å². The second-order valence-electron chi connectivity index (χ2n) is 6.97. The van der Waals surface area contributed by atoms with Crippen LogP contribution in [0.25, 0.3) is 10.2 Å². The Labute approximate surface area is 119 Å². The van der Waals surface area contributed by atoms with E-state index < -0.39 is 0 Å². The summed E-state index contributed by atoms with van der Waals surface area (Å²) in [6.45, 7) is 11.2. The zero-order chi connectivity index (χ0) is 14.3. The molecule has 19 heavy (non-hydrogen) atoms. The van der Waals surface area contributed by atoms with E-state index >= 15 is 0 Å². The van der Waals surface area contributed by atoms with Crippen LogP contribution in [0.3, 0.4) is 0 Å². The number of fused-ring (bicyclic) bond motifs is 1. The third-order valence-electron chi connectivity index (χ3n) is 2.99. The van der Waals surface area contributed by atoms with Crippen LogP contribution in [-0.2, 0) is 0 Å². The second kappa shape index (κ2) is 4.67. The van der Waals surface area contributed by atoms with Gasteiger partial charge in [-0.15, -0.1) is 11.3 Å². The molecule has 1 aromatic heterocycles. The third-order valence-corrected chi connectivity index (χ3v) is 3.78. The first-order valence-electron chi connectivity index (χ1n) is 6.58. The summed E-state index contributed by atoms with van der Waals surface area (Å²) < 4.78 is 1.14. The highest BCUT2D eigenvalue weighted by Gasteiger charge is 2.26. The van der Waals surface area contributed by atoms with Crippen LogP contribution in [0.1, 0.15) is 41.0 Å². The van der Waals surface area contributed by atoms with Gasteiger partial charge in [-0.2, -0.15) is 0 Å². The van der Waals surface area contributed by atoms with Crippen molar-refractivity contribution in [2.45, 2.75) is 46.6 Å². The van der Waals surface area contributed by atoms with Crippen molar-refractivity contribution in [1.29, 1.82) is 0 Å². The average molecular weight is 277 g/mol. The van der Waals surface area contributed by atoms with Crippen molar-refractivity contribution in [2.24, 2.45) is 5.41 Å². The molecule has 0 amide bonds. The summed E-state index contributed by atoms with van der Waals surface area (Å²) in [6, 6.07) is 4.14. The molecule has 0 fully saturated rings. The minimum atomic E-state index is -0.00390. The maximum atomic E-state index is 6.22. The van der Waals surface area contributed by atoms with E-state index in [1.54, 1.807) is 11.3 Å². The number of rotatable bonds is 3. The van der Waals surface area contributed by atoms with Crippen LogP contribution in [0.15, 0.2) is 17.6 Å². The Morgan fingerprint density at radius 1 is 1.21 bits per heavy atom. The lowest BCUT2D eigenvalue weighted by atomic mass is 9.81. The van der Waals surface area contributed by atoms with Crippen molar-refractivity contribution in [1.82, 2.24) is 4.98 Å². The van der Waals surface area contributed by atoms with Crippen molar-refractivity contribution in [3.05, 3.63) is 17.6 Å². The molecule has 0 bridgehead atoms. The molecule has 0 aliphatic rings. The average Bonchev–Trinajstić information content (AvgIpc) is 2.67. The minimum Gasteiger partial charge on any atom is -0.395 e. The van der Waals surface area contributed by atoms with Crippen molar-refractivity contribution in [3.8, 4) is 0 Å². The fourth-order valence-corrected chi connectivity index (χ4v) is 3.49. The Hall–Kier alpha value is -1.29. The van der Waals surface area contributed by atoms with Crippen molar-refractivity contribution in [3.63, 3.8) is 0 Å². The molecule has 104 valence electrons. The number of nitrogens with two attached hydrogens (primary N) is 1. The number of thiazole rings is 1. The van der Waals surface area contributed by atoms with E-state index in [1.165, 1.54) is 0 Å². The molecular weight excluding hydrogens is 254 g/mol. The summed E-state index contributed by atoms with van der Waals surface area (Å²) in [4.78, 5) is 4.34. The first-order chi connectivity index (χ1) is 8.68. The van der Waals surface area contributed by atoms with Crippen LogP contribution in [0.5, 0.6) is 0 Å². The van der Waals surface area contributed by atoms with Crippen molar-refractivity contribution < 1.29 is 0 Å². The van der Waals surface area contributed by atoms with Crippen LogP contribution < -0.4 is 11.1 Å².